The third kappa shape index (κ3) is 2.68. The van der Waals surface area contributed by atoms with Gasteiger partial charge in [-0.15, -0.1) is 0 Å². The average Bonchev–Trinajstić information content (AvgIpc) is 2.44. The van der Waals surface area contributed by atoms with Crippen LogP contribution >= 0.6 is 11.3 Å². The van der Waals surface area contributed by atoms with Gasteiger partial charge in [0.1, 0.15) is 0 Å². The van der Waals surface area contributed by atoms with Crippen LogP contribution in [0, 0.1) is 6.92 Å². The van der Waals surface area contributed by atoms with E-state index in [1.54, 1.807) is 24.3 Å². The molecule has 0 atom stereocenters. The molecule has 74 valence electrons. The number of fused-ring (bicyclic) bond motifs is 1. The summed E-state index contributed by atoms with van der Waals surface area (Å²) in [5, 5.41) is 0.715. The Morgan fingerprint density at radius 2 is 1.73 bits per heavy atom. The van der Waals surface area contributed by atoms with E-state index in [-0.39, 0.29) is 51.4 Å². The SMILES string of the molecule is Cc1c([B-](F)(F)F)sc2ccccc12.[K+]. The molecule has 2 rings (SSSR count). The summed E-state index contributed by atoms with van der Waals surface area (Å²) in [6, 6.07) is 6.96. The Morgan fingerprint density at radius 3 is 2.27 bits per heavy atom. The molecule has 0 aliphatic rings. The molecule has 0 saturated carbocycles. The minimum atomic E-state index is -4.86. The fourth-order valence-corrected chi connectivity index (χ4v) is 2.62. The van der Waals surface area contributed by atoms with Gasteiger partial charge in [0, 0.05) is 4.70 Å². The molecule has 0 unspecified atom stereocenters. The van der Waals surface area contributed by atoms with Crippen LogP contribution in [0.5, 0.6) is 0 Å². The van der Waals surface area contributed by atoms with Crippen LogP contribution in [0.2, 0.25) is 0 Å². The van der Waals surface area contributed by atoms with E-state index in [4.69, 9.17) is 0 Å². The van der Waals surface area contributed by atoms with Gasteiger partial charge in [-0.1, -0.05) is 28.5 Å². The second-order valence-electron chi connectivity index (χ2n) is 3.16. The van der Waals surface area contributed by atoms with E-state index in [9.17, 15) is 12.9 Å². The van der Waals surface area contributed by atoms with Crippen molar-refractivity contribution in [1.82, 2.24) is 0 Å². The molecule has 0 aliphatic heterocycles. The van der Waals surface area contributed by atoms with Gasteiger partial charge in [-0.2, -0.15) is 11.3 Å². The molecule has 0 fully saturated rings. The maximum Gasteiger partial charge on any atom is 1.00 e. The molecular formula is C9H7BF3KS. The number of hydrogen-bond donors (Lipinski definition) is 0. The van der Waals surface area contributed by atoms with Crippen LogP contribution in [0.3, 0.4) is 0 Å². The van der Waals surface area contributed by atoms with Gasteiger partial charge in [0.2, 0.25) is 0 Å². The first-order valence-electron chi connectivity index (χ1n) is 4.18. The monoisotopic (exact) mass is 254 g/mol. The number of thiophene rings is 1. The minimum Gasteiger partial charge on any atom is -0.444 e. The molecule has 0 aliphatic carbocycles. The minimum absolute atomic E-state index is 0. The zero-order chi connectivity index (χ0) is 10.3. The summed E-state index contributed by atoms with van der Waals surface area (Å²) in [6.07, 6.45) is 0. The predicted octanol–water partition coefficient (Wildman–Crippen LogP) is 0.268. The van der Waals surface area contributed by atoms with Gasteiger partial charge >= 0.3 is 58.4 Å². The van der Waals surface area contributed by atoms with Crippen LogP contribution in [0.25, 0.3) is 10.1 Å². The van der Waals surface area contributed by atoms with Crippen molar-refractivity contribution in [3.05, 3.63) is 29.8 Å². The van der Waals surface area contributed by atoms with E-state index in [1.807, 2.05) is 0 Å². The second-order valence-corrected chi connectivity index (χ2v) is 4.25. The van der Waals surface area contributed by atoms with E-state index >= 15 is 0 Å². The van der Waals surface area contributed by atoms with Gasteiger partial charge in [0.05, 0.1) is 0 Å². The van der Waals surface area contributed by atoms with E-state index in [2.05, 4.69) is 0 Å². The molecule has 1 aromatic carbocycles. The third-order valence-corrected chi connectivity index (χ3v) is 3.55. The van der Waals surface area contributed by atoms with Gasteiger partial charge < -0.3 is 12.9 Å². The maximum atomic E-state index is 12.6. The fraction of sp³-hybridized carbons (Fsp3) is 0.111. The third-order valence-electron chi connectivity index (χ3n) is 2.18. The van der Waals surface area contributed by atoms with Crippen molar-refractivity contribution < 1.29 is 64.3 Å². The van der Waals surface area contributed by atoms with Gasteiger partial charge in [0.15, 0.2) is 0 Å². The first kappa shape index (κ1) is 13.7. The Labute approximate surface area is 132 Å². The Hall–Kier alpha value is 0.671. The first-order chi connectivity index (χ1) is 6.50. The van der Waals surface area contributed by atoms with Crippen LogP contribution in [0.1, 0.15) is 5.56 Å². The molecule has 15 heavy (non-hydrogen) atoms. The largest absolute Gasteiger partial charge is 1.00 e. The van der Waals surface area contributed by atoms with Crippen molar-refractivity contribution in [2.24, 2.45) is 0 Å². The molecule has 0 amide bonds. The Bertz CT molecular complexity index is 478. The summed E-state index contributed by atoms with van der Waals surface area (Å²) in [5.74, 6) is 0. The topological polar surface area (TPSA) is 0 Å². The standard InChI is InChI=1S/C9H7BF3S.K/c1-6-7-4-2-3-5-8(7)14-9(6)10(11,12)13;/h2-5H,1H3;/q-1;+1. The Balaban J connectivity index is 0.00000112. The Kier molecular flexibility index (Phi) is 4.48. The molecule has 2 aromatic rings. The summed E-state index contributed by atoms with van der Waals surface area (Å²) in [6.45, 7) is -3.33. The van der Waals surface area contributed by atoms with Crippen LogP contribution in [-0.2, 0) is 0 Å². The van der Waals surface area contributed by atoms with E-state index in [0.717, 1.165) is 11.3 Å². The normalized spacial score (nSPS) is 11.5. The van der Waals surface area contributed by atoms with Crippen molar-refractivity contribution in [2.45, 2.75) is 6.92 Å². The zero-order valence-electron chi connectivity index (χ0n) is 8.43. The second kappa shape index (κ2) is 4.89. The smallest absolute Gasteiger partial charge is 0.444 e. The summed E-state index contributed by atoms with van der Waals surface area (Å²) >= 11 is 0.834. The summed E-state index contributed by atoms with van der Waals surface area (Å²) in [5.41, 5.74) is 0.359. The fourth-order valence-electron chi connectivity index (χ4n) is 1.51. The summed E-state index contributed by atoms with van der Waals surface area (Å²) < 4.78 is 38.0. The average molecular weight is 254 g/mol. The van der Waals surface area contributed by atoms with Gasteiger partial charge in [-0.25, -0.2) is 0 Å². The first-order valence-corrected chi connectivity index (χ1v) is 5.00. The molecular weight excluding hydrogens is 247 g/mol. The number of halogens is 3. The Morgan fingerprint density at radius 1 is 1.13 bits per heavy atom. The van der Waals surface area contributed by atoms with Gasteiger partial charge in [-0.3, -0.25) is 0 Å². The van der Waals surface area contributed by atoms with E-state index in [0.29, 0.717) is 15.6 Å². The molecule has 0 spiro atoms. The van der Waals surface area contributed by atoms with Gasteiger partial charge in [0.25, 0.3) is 0 Å². The van der Waals surface area contributed by atoms with Crippen molar-refractivity contribution in [3.8, 4) is 0 Å². The number of benzene rings is 1. The van der Waals surface area contributed by atoms with Crippen molar-refractivity contribution in [1.29, 1.82) is 0 Å². The summed E-state index contributed by atoms with van der Waals surface area (Å²) in [4.78, 5) is 0. The summed E-state index contributed by atoms with van der Waals surface area (Å²) in [7, 11) is 0. The predicted molar refractivity (Wildman–Crippen MR) is 55.3 cm³/mol. The van der Waals surface area contributed by atoms with Crippen LogP contribution in [0.15, 0.2) is 24.3 Å². The zero-order valence-corrected chi connectivity index (χ0v) is 12.4. The molecule has 1 heterocycles. The number of rotatable bonds is 1. The molecule has 0 radical (unpaired) electrons. The quantitative estimate of drug-likeness (QED) is 0.641. The number of aryl methyl sites for hydroxylation is 1. The van der Waals surface area contributed by atoms with E-state index in [1.165, 1.54) is 6.92 Å². The molecule has 0 nitrogen and oxygen atoms in total. The van der Waals surface area contributed by atoms with Gasteiger partial charge in [-0.05, 0) is 18.4 Å². The maximum absolute atomic E-state index is 12.6. The van der Waals surface area contributed by atoms with E-state index < -0.39 is 11.8 Å². The van der Waals surface area contributed by atoms with Crippen molar-refractivity contribution in [2.75, 3.05) is 0 Å². The number of hydrogen-bond acceptors (Lipinski definition) is 1. The molecule has 1 aromatic heterocycles. The van der Waals surface area contributed by atoms with Crippen LogP contribution in [-0.4, -0.2) is 6.98 Å². The van der Waals surface area contributed by atoms with Crippen LogP contribution in [0.4, 0.5) is 12.9 Å². The van der Waals surface area contributed by atoms with Crippen molar-refractivity contribution in [3.63, 3.8) is 0 Å². The van der Waals surface area contributed by atoms with Crippen LogP contribution < -0.4 is 56.2 Å². The molecule has 0 N–H and O–H groups in total. The molecule has 0 saturated heterocycles. The molecule has 0 bridgehead atoms. The molecule has 6 heteroatoms. The van der Waals surface area contributed by atoms with Crippen molar-refractivity contribution >= 4 is 33.2 Å².